The van der Waals surface area contributed by atoms with Gasteiger partial charge < -0.3 is 20.9 Å². The lowest BCUT2D eigenvalue weighted by molar-refractivity contribution is -0.114. The number of anilines is 1. The SMILES string of the molecule is N#CCOc1cc(C(=O)O)ccc1NC(=O)CN. The summed E-state index contributed by atoms with van der Waals surface area (Å²) < 4.78 is 5.04. The van der Waals surface area contributed by atoms with Crippen molar-refractivity contribution in [2.24, 2.45) is 5.73 Å². The average molecular weight is 249 g/mol. The van der Waals surface area contributed by atoms with Gasteiger partial charge in [-0.05, 0) is 18.2 Å². The summed E-state index contributed by atoms with van der Waals surface area (Å²) in [6.45, 7) is -0.465. The molecule has 0 spiro atoms. The highest BCUT2D eigenvalue weighted by Gasteiger charge is 2.11. The topological polar surface area (TPSA) is 125 Å². The van der Waals surface area contributed by atoms with Crippen molar-refractivity contribution in [1.29, 1.82) is 5.26 Å². The van der Waals surface area contributed by atoms with Gasteiger partial charge in [0.15, 0.2) is 6.61 Å². The van der Waals surface area contributed by atoms with Crippen LogP contribution in [0.2, 0.25) is 0 Å². The molecule has 0 heterocycles. The lowest BCUT2D eigenvalue weighted by Crippen LogP contribution is -2.22. The van der Waals surface area contributed by atoms with Crippen LogP contribution in [0.3, 0.4) is 0 Å². The number of carbonyl (C=O) groups is 2. The Balaban J connectivity index is 3.04. The normalized spacial score (nSPS) is 9.33. The van der Waals surface area contributed by atoms with E-state index in [9.17, 15) is 9.59 Å². The first-order valence-electron chi connectivity index (χ1n) is 4.95. The first-order chi connectivity index (χ1) is 8.58. The largest absolute Gasteiger partial charge is 0.478 e. The predicted molar refractivity (Wildman–Crippen MR) is 62.2 cm³/mol. The van der Waals surface area contributed by atoms with Crippen LogP contribution >= 0.6 is 0 Å². The first kappa shape index (κ1) is 13.5. The van der Waals surface area contributed by atoms with Gasteiger partial charge in [-0.2, -0.15) is 5.26 Å². The summed E-state index contributed by atoms with van der Waals surface area (Å²) in [6.07, 6.45) is 0. The number of carbonyl (C=O) groups excluding carboxylic acids is 1. The Morgan fingerprint density at radius 3 is 2.78 bits per heavy atom. The minimum absolute atomic E-state index is 0.00585. The summed E-state index contributed by atoms with van der Waals surface area (Å²) in [5, 5.41) is 19.7. The molecular weight excluding hydrogens is 238 g/mol. The van der Waals surface area contributed by atoms with Gasteiger partial charge in [0, 0.05) is 0 Å². The third-order valence-electron chi connectivity index (χ3n) is 1.98. The summed E-state index contributed by atoms with van der Waals surface area (Å²) >= 11 is 0. The molecule has 0 radical (unpaired) electrons. The van der Waals surface area contributed by atoms with Crippen LogP contribution in [-0.4, -0.2) is 30.1 Å². The van der Waals surface area contributed by atoms with Crippen molar-refractivity contribution in [2.45, 2.75) is 0 Å². The molecule has 0 aromatic heterocycles. The van der Waals surface area contributed by atoms with E-state index in [-0.39, 0.29) is 30.2 Å². The molecule has 94 valence electrons. The molecule has 4 N–H and O–H groups in total. The number of nitriles is 1. The summed E-state index contributed by atoms with van der Waals surface area (Å²) in [5.41, 5.74) is 5.41. The van der Waals surface area contributed by atoms with Gasteiger partial charge in [0.2, 0.25) is 5.91 Å². The van der Waals surface area contributed by atoms with Gasteiger partial charge in [0.1, 0.15) is 11.8 Å². The van der Waals surface area contributed by atoms with Crippen LogP contribution < -0.4 is 15.8 Å². The van der Waals surface area contributed by atoms with Crippen LogP contribution in [0.5, 0.6) is 5.75 Å². The zero-order valence-corrected chi connectivity index (χ0v) is 9.34. The van der Waals surface area contributed by atoms with Crippen molar-refractivity contribution in [1.82, 2.24) is 0 Å². The lowest BCUT2D eigenvalue weighted by Gasteiger charge is -2.11. The Morgan fingerprint density at radius 1 is 1.50 bits per heavy atom. The maximum Gasteiger partial charge on any atom is 0.335 e. The third-order valence-corrected chi connectivity index (χ3v) is 1.98. The molecule has 0 fully saturated rings. The van der Waals surface area contributed by atoms with Crippen molar-refractivity contribution in [2.75, 3.05) is 18.5 Å². The fourth-order valence-corrected chi connectivity index (χ4v) is 1.19. The molecule has 0 aliphatic carbocycles. The van der Waals surface area contributed by atoms with E-state index < -0.39 is 11.9 Å². The number of carboxylic acids is 1. The molecule has 7 nitrogen and oxygen atoms in total. The first-order valence-corrected chi connectivity index (χ1v) is 4.95. The second-order valence-electron chi connectivity index (χ2n) is 3.22. The summed E-state index contributed by atoms with van der Waals surface area (Å²) in [5.74, 6) is -1.47. The number of hydrogen-bond donors (Lipinski definition) is 3. The minimum Gasteiger partial charge on any atom is -0.478 e. The van der Waals surface area contributed by atoms with E-state index >= 15 is 0 Å². The Morgan fingerprint density at radius 2 is 2.22 bits per heavy atom. The van der Waals surface area contributed by atoms with Gasteiger partial charge in [-0.25, -0.2) is 4.79 Å². The molecule has 0 saturated heterocycles. The van der Waals surface area contributed by atoms with Crippen molar-refractivity contribution >= 4 is 17.6 Å². The number of carboxylic acid groups (broad SMARTS) is 1. The Labute approximate surface area is 103 Å². The number of aromatic carboxylic acids is 1. The van der Waals surface area contributed by atoms with Crippen molar-refractivity contribution in [3.05, 3.63) is 23.8 Å². The van der Waals surface area contributed by atoms with Gasteiger partial charge in [-0.3, -0.25) is 4.79 Å². The number of benzene rings is 1. The zero-order chi connectivity index (χ0) is 13.5. The highest BCUT2D eigenvalue weighted by Crippen LogP contribution is 2.26. The Hall–Kier alpha value is -2.59. The molecule has 0 aliphatic rings. The Bertz CT molecular complexity index is 508. The van der Waals surface area contributed by atoms with Crippen molar-refractivity contribution in [3.8, 4) is 11.8 Å². The van der Waals surface area contributed by atoms with Crippen LogP contribution in [0, 0.1) is 11.3 Å². The third kappa shape index (κ3) is 3.47. The van der Waals surface area contributed by atoms with E-state index in [1.54, 1.807) is 6.07 Å². The number of ether oxygens (including phenoxy) is 1. The number of rotatable bonds is 5. The fraction of sp³-hybridized carbons (Fsp3) is 0.182. The smallest absolute Gasteiger partial charge is 0.335 e. The number of amides is 1. The number of nitrogens with two attached hydrogens (primary N) is 1. The zero-order valence-electron chi connectivity index (χ0n) is 9.34. The minimum atomic E-state index is -1.13. The van der Waals surface area contributed by atoms with E-state index in [1.165, 1.54) is 18.2 Å². The van der Waals surface area contributed by atoms with Crippen LogP contribution in [0.4, 0.5) is 5.69 Å². The van der Waals surface area contributed by atoms with Crippen molar-refractivity contribution < 1.29 is 19.4 Å². The molecule has 1 amide bonds. The quantitative estimate of drug-likeness (QED) is 0.683. The summed E-state index contributed by atoms with van der Waals surface area (Å²) in [4.78, 5) is 21.9. The average Bonchev–Trinajstić information content (AvgIpc) is 2.37. The molecule has 0 bridgehead atoms. The molecule has 0 unspecified atom stereocenters. The summed E-state index contributed by atoms with van der Waals surface area (Å²) in [7, 11) is 0. The van der Waals surface area contributed by atoms with E-state index in [0.29, 0.717) is 0 Å². The maximum absolute atomic E-state index is 11.2. The second-order valence-corrected chi connectivity index (χ2v) is 3.22. The van der Waals surface area contributed by atoms with Crippen LogP contribution in [-0.2, 0) is 4.79 Å². The molecular formula is C11H11N3O4. The van der Waals surface area contributed by atoms with Gasteiger partial charge in [0.25, 0.3) is 0 Å². The van der Waals surface area contributed by atoms with Gasteiger partial charge in [-0.15, -0.1) is 0 Å². The molecule has 0 aliphatic heterocycles. The van der Waals surface area contributed by atoms with Gasteiger partial charge >= 0.3 is 5.97 Å². The number of nitrogens with zero attached hydrogens (tertiary/aromatic N) is 1. The van der Waals surface area contributed by atoms with E-state index in [0.717, 1.165) is 0 Å². The van der Waals surface area contributed by atoms with Crippen LogP contribution in [0.1, 0.15) is 10.4 Å². The standard InChI is InChI=1S/C11H11N3O4/c12-3-4-18-9-5-7(11(16)17)1-2-8(9)14-10(15)6-13/h1-2,5H,4,6,13H2,(H,14,15)(H,16,17). The molecule has 1 aromatic carbocycles. The molecule has 0 saturated carbocycles. The summed E-state index contributed by atoms with van der Waals surface area (Å²) in [6, 6.07) is 5.67. The number of hydrogen-bond acceptors (Lipinski definition) is 5. The van der Waals surface area contributed by atoms with Gasteiger partial charge in [0.05, 0.1) is 17.8 Å². The molecule has 7 heteroatoms. The van der Waals surface area contributed by atoms with Crippen molar-refractivity contribution in [3.63, 3.8) is 0 Å². The second kappa shape index (κ2) is 6.22. The van der Waals surface area contributed by atoms with Crippen LogP contribution in [0.25, 0.3) is 0 Å². The highest BCUT2D eigenvalue weighted by atomic mass is 16.5. The van der Waals surface area contributed by atoms with E-state index in [1.807, 2.05) is 0 Å². The molecule has 1 rings (SSSR count). The molecule has 18 heavy (non-hydrogen) atoms. The van der Waals surface area contributed by atoms with E-state index in [2.05, 4.69) is 5.32 Å². The predicted octanol–water partition coefficient (Wildman–Crippen LogP) is 0.184. The molecule has 1 aromatic rings. The highest BCUT2D eigenvalue weighted by molar-refractivity contribution is 5.95. The maximum atomic E-state index is 11.2. The van der Waals surface area contributed by atoms with Gasteiger partial charge in [-0.1, -0.05) is 0 Å². The van der Waals surface area contributed by atoms with Crippen LogP contribution in [0.15, 0.2) is 18.2 Å². The monoisotopic (exact) mass is 249 g/mol. The van der Waals surface area contributed by atoms with E-state index in [4.69, 9.17) is 20.8 Å². The number of nitrogens with one attached hydrogen (secondary N) is 1. The lowest BCUT2D eigenvalue weighted by atomic mass is 10.2. The molecule has 0 atom stereocenters. The fourth-order valence-electron chi connectivity index (χ4n) is 1.19. The Kier molecular flexibility index (Phi) is 4.66.